The van der Waals surface area contributed by atoms with Crippen molar-refractivity contribution in [3.8, 4) is 0 Å². The minimum Gasteiger partial charge on any atom is -0.341 e. The van der Waals surface area contributed by atoms with E-state index in [0.717, 1.165) is 25.7 Å². The highest BCUT2D eigenvalue weighted by molar-refractivity contribution is 5.90. The number of hydrogen-bond donors (Lipinski definition) is 1. The zero-order chi connectivity index (χ0) is 9.10. The summed E-state index contributed by atoms with van der Waals surface area (Å²) in [7, 11) is 0. The average Bonchev–Trinajstić information content (AvgIpc) is 2.74. The van der Waals surface area contributed by atoms with E-state index in [2.05, 4.69) is 20.0 Å². The van der Waals surface area contributed by atoms with Crippen molar-refractivity contribution >= 4 is 11.9 Å². The van der Waals surface area contributed by atoms with Crippen LogP contribution in [0.5, 0.6) is 0 Å². The molecular formula is C8H11N3O2. The average molecular weight is 181 g/mol. The van der Waals surface area contributed by atoms with Gasteiger partial charge in [0.15, 0.2) is 0 Å². The topological polar surface area (TPSA) is 68.0 Å². The van der Waals surface area contributed by atoms with E-state index in [4.69, 9.17) is 0 Å². The Bertz CT molecular complexity index is 278. The highest BCUT2D eigenvalue weighted by atomic mass is 16.5. The molecule has 1 amide bonds. The van der Waals surface area contributed by atoms with Crippen LogP contribution in [0, 0.1) is 5.92 Å². The smallest absolute Gasteiger partial charge is 0.269 e. The van der Waals surface area contributed by atoms with Gasteiger partial charge < -0.3 is 4.52 Å². The maximum Gasteiger partial charge on any atom is 0.269 e. The van der Waals surface area contributed by atoms with Gasteiger partial charge in [0.25, 0.3) is 5.95 Å². The Balaban J connectivity index is 1.91. The molecule has 1 aliphatic carbocycles. The van der Waals surface area contributed by atoms with Crippen molar-refractivity contribution in [1.29, 1.82) is 0 Å². The van der Waals surface area contributed by atoms with Crippen LogP contribution in [-0.2, 0) is 4.79 Å². The van der Waals surface area contributed by atoms with E-state index in [0.29, 0.717) is 0 Å². The summed E-state index contributed by atoms with van der Waals surface area (Å²) >= 11 is 0. The quantitative estimate of drug-likeness (QED) is 0.744. The van der Waals surface area contributed by atoms with Crippen LogP contribution in [0.1, 0.15) is 25.7 Å². The third-order valence-corrected chi connectivity index (χ3v) is 2.32. The molecule has 0 unspecified atom stereocenters. The van der Waals surface area contributed by atoms with Gasteiger partial charge in [-0.1, -0.05) is 12.8 Å². The summed E-state index contributed by atoms with van der Waals surface area (Å²) < 4.78 is 4.50. The highest BCUT2D eigenvalue weighted by Gasteiger charge is 2.23. The lowest BCUT2D eigenvalue weighted by atomic mass is 10.1. The molecule has 0 saturated heterocycles. The summed E-state index contributed by atoms with van der Waals surface area (Å²) in [5.41, 5.74) is 0. The number of nitrogens with zero attached hydrogens (tertiary/aromatic N) is 2. The largest absolute Gasteiger partial charge is 0.341 e. The van der Waals surface area contributed by atoms with Gasteiger partial charge in [-0.25, -0.2) is 0 Å². The van der Waals surface area contributed by atoms with Crippen molar-refractivity contribution in [2.75, 3.05) is 5.32 Å². The van der Waals surface area contributed by atoms with Gasteiger partial charge in [0.1, 0.15) is 0 Å². The number of aromatic nitrogens is 2. The minimum absolute atomic E-state index is 0.0129. The summed E-state index contributed by atoms with van der Waals surface area (Å²) in [4.78, 5) is 15.2. The second kappa shape index (κ2) is 3.55. The Labute approximate surface area is 75.5 Å². The van der Waals surface area contributed by atoms with Crippen molar-refractivity contribution in [1.82, 2.24) is 10.1 Å². The van der Waals surface area contributed by atoms with Gasteiger partial charge in [-0.3, -0.25) is 10.1 Å². The third kappa shape index (κ3) is 1.85. The standard InChI is InChI=1S/C8H11N3O2/c12-7(6-3-1-2-4-6)10-8-9-5-13-11-8/h5-6H,1-4H2,(H,10,11,12). The fraction of sp³-hybridized carbons (Fsp3) is 0.625. The number of nitrogens with one attached hydrogen (secondary N) is 1. The predicted octanol–water partition coefficient (Wildman–Crippen LogP) is 1.20. The second-order valence-electron chi connectivity index (χ2n) is 3.23. The molecule has 1 N–H and O–H groups in total. The number of amides is 1. The molecule has 2 rings (SSSR count). The van der Waals surface area contributed by atoms with E-state index < -0.39 is 0 Å². The van der Waals surface area contributed by atoms with E-state index in [9.17, 15) is 4.79 Å². The SMILES string of the molecule is O=C(Nc1ncon1)C1CCCC1. The summed E-state index contributed by atoms with van der Waals surface area (Å²) in [6.45, 7) is 0. The van der Waals surface area contributed by atoms with Crippen LogP contribution < -0.4 is 5.32 Å². The Morgan fingerprint density at radius 1 is 1.54 bits per heavy atom. The number of carbonyl (C=O) groups is 1. The van der Waals surface area contributed by atoms with Crippen LogP contribution in [-0.4, -0.2) is 16.0 Å². The van der Waals surface area contributed by atoms with Crippen LogP contribution in [0.2, 0.25) is 0 Å². The normalized spacial score (nSPS) is 17.5. The van der Waals surface area contributed by atoms with Gasteiger partial charge in [0.2, 0.25) is 12.3 Å². The van der Waals surface area contributed by atoms with Crippen molar-refractivity contribution in [3.63, 3.8) is 0 Å². The molecule has 0 spiro atoms. The molecule has 70 valence electrons. The molecule has 0 atom stereocenters. The van der Waals surface area contributed by atoms with Crippen LogP contribution in [0.15, 0.2) is 10.9 Å². The van der Waals surface area contributed by atoms with E-state index >= 15 is 0 Å². The first kappa shape index (κ1) is 8.22. The zero-order valence-corrected chi connectivity index (χ0v) is 7.19. The van der Waals surface area contributed by atoms with Gasteiger partial charge in [-0.05, 0) is 18.0 Å². The first-order valence-corrected chi connectivity index (χ1v) is 4.43. The molecule has 1 aromatic heterocycles. The number of hydrogen-bond acceptors (Lipinski definition) is 4. The summed E-state index contributed by atoms with van der Waals surface area (Å²) in [6, 6.07) is 0. The lowest BCUT2D eigenvalue weighted by molar-refractivity contribution is -0.119. The molecule has 1 aliphatic rings. The predicted molar refractivity (Wildman–Crippen MR) is 44.9 cm³/mol. The molecule has 1 heterocycles. The number of rotatable bonds is 2. The van der Waals surface area contributed by atoms with E-state index in [-0.39, 0.29) is 17.8 Å². The summed E-state index contributed by atoms with van der Waals surface area (Å²) in [5.74, 6) is 0.411. The lowest BCUT2D eigenvalue weighted by Gasteiger charge is -2.05. The molecule has 1 fully saturated rings. The maximum absolute atomic E-state index is 11.5. The van der Waals surface area contributed by atoms with Crippen LogP contribution in [0.25, 0.3) is 0 Å². The van der Waals surface area contributed by atoms with Crippen molar-refractivity contribution in [2.45, 2.75) is 25.7 Å². The molecule has 0 aromatic carbocycles. The maximum atomic E-state index is 11.5. The molecule has 1 aromatic rings. The monoisotopic (exact) mass is 181 g/mol. The second-order valence-corrected chi connectivity index (χ2v) is 3.23. The molecule has 5 heteroatoms. The first-order chi connectivity index (χ1) is 6.36. The van der Waals surface area contributed by atoms with E-state index in [1.165, 1.54) is 6.39 Å². The Morgan fingerprint density at radius 2 is 2.31 bits per heavy atom. The fourth-order valence-corrected chi connectivity index (χ4v) is 1.63. The van der Waals surface area contributed by atoms with Gasteiger partial charge in [-0.15, -0.1) is 0 Å². The Morgan fingerprint density at radius 3 is 2.92 bits per heavy atom. The van der Waals surface area contributed by atoms with Crippen LogP contribution in [0.3, 0.4) is 0 Å². The van der Waals surface area contributed by atoms with Crippen LogP contribution in [0.4, 0.5) is 5.95 Å². The van der Waals surface area contributed by atoms with Crippen molar-refractivity contribution in [3.05, 3.63) is 6.39 Å². The third-order valence-electron chi connectivity index (χ3n) is 2.32. The Kier molecular flexibility index (Phi) is 2.25. The lowest BCUT2D eigenvalue weighted by Crippen LogP contribution is -2.20. The van der Waals surface area contributed by atoms with Gasteiger partial charge >= 0.3 is 0 Å². The molecule has 0 radical (unpaired) electrons. The number of carbonyl (C=O) groups excluding carboxylic acids is 1. The summed E-state index contributed by atoms with van der Waals surface area (Å²) in [6.07, 6.45) is 5.44. The van der Waals surface area contributed by atoms with Gasteiger partial charge in [0, 0.05) is 5.92 Å². The van der Waals surface area contributed by atoms with E-state index in [1.807, 2.05) is 0 Å². The van der Waals surface area contributed by atoms with E-state index in [1.54, 1.807) is 0 Å². The first-order valence-electron chi connectivity index (χ1n) is 4.43. The molecule has 0 aliphatic heterocycles. The molecule has 13 heavy (non-hydrogen) atoms. The fourth-order valence-electron chi connectivity index (χ4n) is 1.63. The zero-order valence-electron chi connectivity index (χ0n) is 7.19. The van der Waals surface area contributed by atoms with Gasteiger partial charge in [0.05, 0.1) is 0 Å². The molecular weight excluding hydrogens is 170 g/mol. The van der Waals surface area contributed by atoms with Crippen LogP contribution >= 0.6 is 0 Å². The Hall–Kier alpha value is -1.39. The molecule has 5 nitrogen and oxygen atoms in total. The minimum atomic E-state index is 0.0129. The number of anilines is 1. The highest BCUT2D eigenvalue weighted by Crippen LogP contribution is 2.25. The van der Waals surface area contributed by atoms with Crippen molar-refractivity contribution < 1.29 is 9.32 Å². The molecule has 0 bridgehead atoms. The summed E-state index contributed by atoms with van der Waals surface area (Å²) in [5, 5.41) is 6.12. The van der Waals surface area contributed by atoms with Gasteiger partial charge in [-0.2, -0.15) is 4.98 Å². The molecule has 1 saturated carbocycles. The van der Waals surface area contributed by atoms with Crippen molar-refractivity contribution in [2.24, 2.45) is 5.92 Å².